The highest BCUT2D eigenvalue weighted by molar-refractivity contribution is 7.89. The van der Waals surface area contributed by atoms with Crippen LogP contribution in [0.15, 0.2) is 29.2 Å². The SMILES string of the molecule is O=C1COC2(CCN(S(=O)(=O)c3ccc(OC(F)F)cc3)CC2)C1. The Morgan fingerprint density at radius 2 is 1.79 bits per heavy atom. The van der Waals surface area contributed by atoms with Crippen molar-refractivity contribution in [3.63, 3.8) is 0 Å². The van der Waals surface area contributed by atoms with Crippen molar-refractivity contribution in [2.24, 2.45) is 0 Å². The molecule has 3 rings (SSSR count). The number of hydrogen-bond acceptors (Lipinski definition) is 5. The molecule has 132 valence electrons. The maximum absolute atomic E-state index is 12.6. The summed E-state index contributed by atoms with van der Waals surface area (Å²) in [5.74, 6) is -0.0552. The number of halogens is 2. The molecule has 24 heavy (non-hydrogen) atoms. The van der Waals surface area contributed by atoms with E-state index in [-0.39, 0.29) is 36.1 Å². The Kier molecular flexibility index (Phi) is 4.58. The van der Waals surface area contributed by atoms with E-state index in [1.807, 2.05) is 0 Å². The second-order valence-electron chi connectivity index (χ2n) is 5.94. The molecule has 0 atom stereocenters. The van der Waals surface area contributed by atoms with Gasteiger partial charge >= 0.3 is 6.61 Å². The van der Waals surface area contributed by atoms with Crippen LogP contribution in [0.5, 0.6) is 5.75 Å². The van der Waals surface area contributed by atoms with Gasteiger partial charge in [0, 0.05) is 19.5 Å². The molecular weight excluding hydrogens is 344 g/mol. The van der Waals surface area contributed by atoms with Crippen molar-refractivity contribution in [1.29, 1.82) is 0 Å². The van der Waals surface area contributed by atoms with Crippen LogP contribution in [0.1, 0.15) is 19.3 Å². The number of sulfonamides is 1. The minimum absolute atomic E-state index is 0.0171. The zero-order chi connectivity index (χ0) is 17.4. The average molecular weight is 361 g/mol. The molecule has 1 aromatic rings. The van der Waals surface area contributed by atoms with Crippen LogP contribution in [0.2, 0.25) is 0 Å². The quantitative estimate of drug-likeness (QED) is 0.818. The zero-order valence-corrected chi connectivity index (χ0v) is 13.6. The summed E-state index contributed by atoms with van der Waals surface area (Å²) in [5.41, 5.74) is -0.530. The van der Waals surface area contributed by atoms with Crippen molar-refractivity contribution >= 4 is 15.8 Å². The molecule has 1 spiro atoms. The normalized spacial score (nSPS) is 21.5. The maximum atomic E-state index is 12.6. The fourth-order valence-electron chi connectivity index (χ4n) is 3.09. The number of benzene rings is 1. The molecule has 2 fully saturated rings. The van der Waals surface area contributed by atoms with E-state index >= 15 is 0 Å². The van der Waals surface area contributed by atoms with E-state index in [9.17, 15) is 22.0 Å². The van der Waals surface area contributed by atoms with Gasteiger partial charge in [0.15, 0.2) is 5.78 Å². The van der Waals surface area contributed by atoms with Gasteiger partial charge < -0.3 is 9.47 Å². The van der Waals surface area contributed by atoms with E-state index in [4.69, 9.17) is 4.74 Å². The monoisotopic (exact) mass is 361 g/mol. The molecule has 9 heteroatoms. The van der Waals surface area contributed by atoms with E-state index < -0.39 is 22.2 Å². The second-order valence-corrected chi connectivity index (χ2v) is 7.88. The molecule has 2 saturated heterocycles. The number of carbonyl (C=O) groups excluding carboxylic acids is 1. The number of piperidine rings is 1. The van der Waals surface area contributed by atoms with Gasteiger partial charge in [0.25, 0.3) is 0 Å². The minimum atomic E-state index is -3.72. The third kappa shape index (κ3) is 3.42. The number of ketones is 1. The van der Waals surface area contributed by atoms with Crippen LogP contribution in [0, 0.1) is 0 Å². The summed E-state index contributed by atoms with van der Waals surface area (Å²) in [5, 5.41) is 0. The van der Waals surface area contributed by atoms with Crippen molar-refractivity contribution in [3.05, 3.63) is 24.3 Å². The molecule has 6 nitrogen and oxygen atoms in total. The van der Waals surface area contributed by atoms with Crippen LogP contribution in [0.3, 0.4) is 0 Å². The molecule has 0 radical (unpaired) electrons. The molecule has 0 aliphatic carbocycles. The summed E-state index contributed by atoms with van der Waals surface area (Å²) in [7, 11) is -3.72. The number of nitrogens with zero attached hydrogens (tertiary/aromatic N) is 1. The highest BCUT2D eigenvalue weighted by Gasteiger charge is 2.44. The number of alkyl halides is 2. The lowest BCUT2D eigenvalue weighted by atomic mass is 9.89. The van der Waals surface area contributed by atoms with Crippen LogP contribution in [0.25, 0.3) is 0 Å². The standard InChI is InChI=1S/C15H17F2NO5S/c16-14(17)23-12-1-3-13(4-2-12)24(20,21)18-7-5-15(6-8-18)9-11(19)10-22-15/h1-4,14H,5-10H2. The fourth-order valence-corrected chi connectivity index (χ4v) is 4.53. The van der Waals surface area contributed by atoms with Gasteiger partial charge in [-0.2, -0.15) is 13.1 Å². The van der Waals surface area contributed by atoms with E-state index in [0.29, 0.717) is 19.3 Å². The van der Waals surface area contributed by atoms with Gasteiger partial charge in [0.1, 0.15) is 12.4 Å². The number of carbonyl (C=O) groups is 1. The average Bonchev–Trinajstić information content (AvgIpc) is 2.88. The molecule has 2 aliphatic heterocycles. The number of hydrogen-bond donors (Lipinski definition) is 0. The van der Waals surface area contributed by atoms with Crippen LogP contribution >= 0.6 is 0 Å². The van der Waals surface area contributed by atoms with Gasteiger partial charge in [-0.3, -0.25) is 4.79 Å². The minimum Gasteiger partial charge on any atom is -0.435 e. The third-order valence-corrected chi connectivity index (χ3v) is 6.29. The molecule has 2 aliphatic rings. The van der Waals surface area contributed by atoms with E-state index in [2.05, 4.69) is 4.74 Å². The van der Waals surface area contributed by atoms with Crippen molar-refractivity contribution < 1.29 is 31.5 Å². The fraction of sp³-hybridized carbons (Fsp3) is 0.533. The zero-order valence-electron chi connectivity index (χ0n) is 12.8. The Hall–Kier alpha value is -1.58. The number of Topliss-reactive ketones (excluding diaryl/α,β-unsaturated/α-hetero) is 1. The second kappa shape index (κ2) is 6.38. The van der Waals surface area contributed by atoms with Crippen LogP contribution in [-0.2, 0) is 19.6 Å². The third-order valence-electron chi connectivity index (χ3n) is 4.38. The first-order valence-corrected chi connectivity index (χ1v) is 8.95. The summed E-state index contributed by atoms with van der Waals surface area (Å²) < 4.78 is 60.6. The van der Waals surface area contributed by atoms with Gasteiger partial charge in [0.05, 0.1) is 10.5 Å². The van der Waals surface area contributed by atoms with Gasteiger partial charge in [-0.1, -0.05) is 0 Å². The Balaban J connectivity index is 1.69. The Labute approximate surface area is 138 Å². The summed E-state index contributed by atoms with van der Waals surface area (Å²) in [4.78, 5) is 11.4. The number of ether oxygens (including phenoxy) is 2. The lowest BCUT2D eigenvalue weighted by molar-refractivity contribution is -0.117. The van der Waals surface area contributed by atoms with Crippen LogP contribution in [-0.4, -0.2) is 50.4 Å². The van der Waals surface area contributed by atoms with Gasteiger partial charge in [-0.25, -0.2) is 8.42 Å². The van der Waals surface area contributed by atoms with Crippen molar-refractivity contribution in [1.82, 2.24) is 4.31 Å². The lowest BCUT2D eigenvalue weighted by Crippen LogP contribution is -2.46. The topological polar surface area (TPSA) is 72.9 Å². The molecule has 0 saturated carbocycles. The first kappa shape index (κ1) is 17.2. The predicted octanol–water partition coefficient (Wildman–Crippen LogP) is 1.80. The van der Waals surface area contributed by atoms with Crippen LogP contribution in [0.4, 0.5) is 8.78 Å². The molecule has 0 bridgehead atoms. The largest absolute Gasteiger partial charge is 0.435 e. The van der Waals surface area contributed by atoms with Crippen molar-refractivity contribution in [2.45, 2.75) is 36.4 Å². The first-order valence-electron chi connectivity index (χ1n) is 7.51. The summed E-state index contributed by atoms with van der Waals surface area (Å²) in [6.07, 6.45) is 1.26. The Bertz CT molecular complexity index is 712. The van der Waals surface area contributed by atoms with E-state index in [1.165, 1.54) is 28.6 Å². The molecule has 1 aromatic carbocycles. The summed E-state index contributed by atoms with van der Waals surface area (Å²) >= 11 is 0. The van der Waals surface area contributed by atoms with Crippen LogP contribution < -0.4 is 4.74 Å². The Morgan fingerprint density at radius 1 is 1.17 bits per heavy atom. The molecule has 2 heterocycles. The molecule has 0 aromatic heterocycles. The van der Waals surface area contributed by atoms with Crippen molar-refractivity contribution in [3.8, 4) is 5.75 Å². The van der Waals surface area contributed by atoms with Crippen molar-refractivity contribution in [2.75, 3.05) is 19.7 Å². The smallest absolute Gasteiger partial charge is 0.387 e. The van der Waals surface area contributed by atoms with E-state index in [1.54, 1.807) is 0 Å². The maximum Gasteiger partial charge on any atom is 0.387 e. The molecule has 0 N–H and O–H groups in total. The number of rotatable bonds is 4. The summed E-state index contributed by atoms with van der Waals surface area (Å²) in [6, 6.07) is 4.88. The molecule has 0 amide bonds. The molecular formula is C15H17F2NO5S. The van der Waals surface area contributed by atoms with Gasteiger partial charge in [-0.15, -0.1) is 0 Å². The lowest BCUT2D eigenvalue weighted by Gasteiger charge is -2.37. The van der Waals surface area contributed by atoms with Gasteiger partial charge in [-0.05, 0) is 37.1 Å². The highest BCUT2D eigenvalue weighted by Crippen LogP contribution is 2.36. The predicted molar refractivity (Wildman–Crippen MR) is 79.4 cm³/mol. The first-order chi connectivity index (χ1) is 11.3. The Morgan fingerprint density at radius 3 is 2.29 bits per heavy atom. The van der Waals surface area contributed by atoms with E-state index in [0.717, 1.165) is 0 Å². The van der Waals surface area contributed by atoms with Gasteiger partial charge in [0.2, 0.25) is 10.0 Å². The highest BCUT2D eigenvalue weighted by atomic mass is 32.2. The molecule has 0 unspecified atom stereocenters. The summed E-state index contributed by atoms with van der Waals surface area (Å²) in [6.45, 7) is -2.35.